The molecule has 8 heteroatoms. The van der Waals surface area contributed by atoms with Crippen LogP contribution in [0.25, 0.3) is 0 Å². The summed E-state index contributed by atoms with van der Waals surface area (Å²) in [4.78, 5) is 15.9. The Kier molecular flexibility index (Phi) is 18.7. The van der Waals surface area contributed by atoms with E-state index in [1.54, 1.807) is 6.92 Å². The van der Waals surface area contributed by atoms with Crippen molar-refractivity contribution in [1.82, 2.24) is 20.4 Å². The first kappa shape index (κ1) is 25.6. The molecule has 0 saturated carbocycles. The predicted octanol–water partition coefficient (Wildman–Crippen LogP) is -6.83. The topological polar surface area (TPSA) is 47.6 Å². The molecule has 1 aliphatic rings. The molecule has 117 valence electrons. The maximum Gasteiger partial charge on any atom is 3.00 e. The monoisotopic (exact) mass is 359 g/mol. The van der Waals surface area contributed by atoms with Gasteiger partial charge in [-0.2, -0.15) is 0 Å². The molecule has 1 heterocycles. The molecule has 0 aromatic heterocycles. The fraction of sp³-hybridized carbons (Fsp3) is 0.833. The van der Waals surface area contributed by atoms with E-state index in [-0.39, 0.29) is 52.3 Å². The number of nitrogens with zero attached hydrogens (tertiary/aromatic N) is 2. The summed E-state index contributed by atoms with van der Waals surface area (Å²) < 4.78 is 0. The molecular weight excluding hydrogens is 335 g/mol. The standard InChI is InChI=1S/C12H25N4O.2ClH.Ti/c1-11(17)12-10-14-5-4-13-6-7-15(2)8-9-16(12)3;;;/h13-14H,4-10H2,1-3H3;2*1H;/q-1;;;+3/p-2. The largest absolute Gasteiger partial charge is 3.00 e. The average Bonchev–Trinajstić information content (AvgIpc) is 2.27. The van der Waals surface area contributed by atoms with Crippen LogP contribution in [0.15, 0.2) is 0 Å². The fourth-order valence-electron chi connectivity index (χ4n) is 1.87. The minimum absolute atomic E-state index is 0. The third kappa shape index (κ3) is 10.4. The van der Waals surface area contributed by atoms with Crippen LogP contribution in [0.5, 0.6) is 0 Å². The van der Waals surface area contributed by atoms with Crippen molar-refractivity contribution in [3.05, 3.63) is 6.04 Å². The third-order valence-electron chi connectivity index (χ3n) is 3.13. The van der Waals surface area contributed by atoms with Crippen LogP contribution in [0.1, 0.15) is 6.92 Å². The molecule has 0 bridgehead atoms. The Morgan fingerprint density at radius 3 is 2.20 bits per heavy atom. The zero-order valence-electron chi connectivity index (χ0n) is 12.5. The van der Waals surface area contributed by atoms with E-state index < -0.39 is 0 Å². The zero-order valence-corrected chi connectivity index (χ0v) is 15.6. The predicted molar refractivity (Wildman–Crippen MR) is 69.8 cm³/mol. The Morgan fingerprint density at radius 2 is 1.60 bits per heavy atom. The summed E-state index contributed by atoms with van der Waals surface area (Å²) in [7, 11) is 4.11. The second kappa shape index (κ2) is 14.6. The third-order valence-corrected chi connectivity index (χ3v) is 3.13. The van der Waals surface area contributed by atoms with Gasteiger partial charge in [0.15, 0.2) is 0 Å². The van der Waals surface area contributed by atoms with E-state index in [4.69, 9.17) is 0 Å². The van der Waals surface area contributed by atoms with Crippen molar-refractivity contribution in [3.63, 3.8) is 0 Å². The summed E-state index contributed by atoms with van der Waals surface area (Å²) in [6.45, 7) is 8.09. The second-order valence-corrected chi connectivity index (χ2v) is 4.65. The van der Waals surface area contributed by atoms with Crippen molar-refractivity contribution in [2.75, 3.05) is 59.9 Å². The molecule has 0 aromatic carbocycles. The van der Waals surface area contributed by atoms with Gasteiger partial charge in [-0.3, -0.25) is 0 Å². The molecule has 0 aliphatic carbocycles. The summed E-state index contributed by atoms with van der Waals surface area (Å²) in [6, 6.07) is 0.874. The first-order chi connectivity index (χ1) is 8.11. The van der Waals surface area contributed by atoms with Crippen LogP contribution in [-0.4, -0.2) is 75.5 Å². The Morgan fingerprint density at radius 1 is 1.00 bits per heavy atom. The molecule has 2 N–H and O–H groups in total. The first-order valence-corrected chi connectivity index (χ1v) is 6.29. The van der Waals surface area contributed by atoms with Crippen LogP contribution in [0.2, 0.25) is 0 Å². The molecule has 1 saturated heterocycles. The molecule has 0 spiro atoms. The van der Waals surface area contributed by atoms with Crippen LogP contribution in [0, 0.1) is 6.04 Å². The Bertz CT molecular complexity index is 249. The van der Waals surface area contributed by atoms with Crippen LogP contribution < -0.4 is 35.4 Å². The second-order valence-electron chi connectivity index (χ2n) is 4.65. The van der Waals surface area contributed by atoms with E-state index in [1.807, 2.05) is 7.05 Å². The van der Waals surface area contributed by atoms with Crippen molar-refractivity contribution in [3.8, 4) is 0 Å². The molecule has 1 aliphatic heterocycles. The maximum atomic E-state index is 11.6. The molecule has 0 atom stereocenters. The van der Waals surface area contributed by atoms with Gasteiger partial charge in [0.25, 0.3) is 0 Å². The van der Waals surface area contributed by atoms with E-state index in [9.17, 15) is 4.79 Å². The minimum Gasteiger partial charge on any atom is -1.00 e. The number of carbonyl (C=O) groups is 1. The van der Waals surface area contributed by atoms with Crippen molar-refractivity contribution >= 4 is 5.78 Å². The molecule has 0 aromatic rings. The van der Waals surface area contributed by atoms with Crippen LogP contribution in [-0.2, 0) is 26.5 Å². The van der Waals surface area contributed by atoms with Gasteiger partial charge >= 0.3 is 21.7 Å². The van der Waals surface area contributed by atoms with Gasteiger partial charge in [0.2, 0.25) is 0 Å². The van der Waals surface area contributed by atoms with Crippen molar-refractivity contribution < 1.29 is 51.3 Å². The number of nitrogens with one attached hydrogen (secondary N) is 2. The van der Waals surface area contributed by atoms with Gasteiger partial charge < -0.3 is 50.0 Å². The molecule has 20 heavy (non-hydrogen) atoms. The van der Waals surface area contributed by atoms with E-state index in [0.717, 1.165) is 45.3 Å². The Labute approximate surface area is 150 Å². The number of likely N-dealkylation sites (N-methyl/N-ethyl adjacent to an activating group) is 2. The van der Waals surface area contributed by atoms with Crippen molar-refractivity contribution in [1.29, 1.82) is 0 Å². The fourth-order valence-corrected chi connectivity index (χ4v) is 1.87. The quantitative estimate of drug-likeness (QED) is 0.360. The summed E-state index contributed by atoms with van der Waals surface area (Å²) >= 11 is 0. The minimum atomic E-state index is 0. The molecule has 1 radical (unpaired) electrons. The normalized spacial score (nSPS) is 19.4. The van der Waals surface area contributed by atoms with E-state index in [2.05, 4.69) is 27.5 Å². The van der Waals surface area contributed by atoms with E-state index in [1.165, 1.54) is 0 Å². The average molecular weight is 360 g/mol. The number of rotatable bonds is 1. The molecular formula is C12H25Cl2N4OTi. The SMILES string of the molecule is CC(=O)[C-]1CNCCNCCN(C)CCN1C.[Cl-].[Cl-].[Ti+3]. The Hall–Kier alpha value is 0.674. The number of hydrogen-bond donors (Lipinski definition) is 2. The van der Waals surface area contributed by atoms with Gasteiger partial charge in [-0.25, -0.2) is 6.04 Å². The van der Waals surface area contributed by atoms with Gasteiger partial charge in [0.1, 0.15) is 0 Å². The van der Waals surface area contributed by atoms with Crippen molar-refractivity contribution in [2.24, 2.45) is 0 Å². The smallest absolute Gasteiger partial charge is 1.00 e. The van der Waals surface area contributed by atoms with Gasteiger partial charge in [0, 0.05) is 38.5 Å². The maximum absolute atomic E-state index is 11.6. The van der Waals surface area contributed by atoms with Gasteiger partial charge in [-0.15, -0.1) is 0 Å². The molecule has 0 unspecified atom stereocenters. The number of Topliss-reactive ketones (excluding diaryl/α,β-unsaturated/α-hetero) is 1. The summed E-state index contributed by atoms with van der Waals surface area (Å²) in [5.74, 6) is 0.160. The number of hydrogen-bond acceptors (Lipinski definition) is 5. The van der Waals surface area contributed by atoms with E-state index in [0.29, 0.717) is 6.54 Å². The van der Waals surface area contributed by atoms with Crippen molar-refractivity contribution in [2.45, 2.75) is 6.92 Å². The zero-order chi connectivity index (χ0) is 12.7. The molecule has 5 nitrogen and oxygen atoms in total. The van der Waals surface area contributed by atoms with Gasteiger partial charge in [0.05, 0.1) is 0 Å². The van der Waals surface area contributed by atoms with Gasteiger partial charge in [-0.1, -0.05) is 6.54 Å². The summed E-state index contributed by atoms with van der Waals surface area (Å²) in [6.07, 6.45) is 0. The van der Waals surface area contributed by atoms with E-state index >= 15 is 0 Å². The van der Waals surface area contributed by atoms with Crippen LogP contribution >= 0.6 is 0 Å². The molecule has 1 fully saturated rings. The number of carbonyl (C=O) groups excluding carboxylic acids is 1. The van der Waals surface area contributed by atoms with Crippen LogP contribution in [0.4, 0.5) is 0 Å². The van der Waals surface area contributed by atoms with Gasteiger partial charge in [-0.05, 0) is 27.6 Å². The summed E-state index contributed by atoms with van der Waals surface area (Å²) in [5.41, 5.74) is 0. The molecule has 0 amide bonds. The first-order valence-electron chi connectivity index (χ1n) is 6.29. The van der Waals surface area contributed by atoms with Crippen LogP contribution in [0.3, 0.4) is 0 Å². The number of halogens is 2. The number of ketones is 1. The summed E-state index contributed by atoms with van der Waals surface area (Å²) in [5, 5.41) is 6.68. The Balaban J connectivity index is -0.000000963. The molecule has 1 rings (SSSR count).